The van der Waals surface area contributed by atoms with Gasteiger partial charge in [0.2, 0.25) is 0 Å². The van der Waals surface area contributed by atoms with Crippen LogP contribution in [0.1, 0.15) is 12.6 Å². The number of aryl methyl sites for hydroxylation is 2. The summed E-state index contributed by atoms with van der Waals surface area (Å²) >= 11 is 5.92. The van der Waals surface area contributed by atoms with Crippen LogP contribution >= 0.6 is 11.6 Å². The van der Waals surface area contributed by atoms with Crippen LogP contribution in [0.5, 0.6) is 0 Å². The van der Waals surface area contributed by atoms with Gasteiger partial charge in [-0.05, 0) is 24.6 Å². The van der Waals surface area contributed by atoms with Gasteiger partial charge in [0.1, 0.15) is 0 Å². The summed E-state index contributed by atoms with van der Waals surface area (Å²) in [6.07, 6.45) is 0.980. The molecule has 3 heteroatoms. The molecule has 2 aromatic rings. The number of nitrogens with zero attached hydrogens (tertiary/aromatic N) is 2. The number of hydrogen-bond acceptors (Lipinski definition) is 1. The molecule has 1 heterocycles. The van der Waals surface area contributed by atoms with Gasteiger partial charge in [-0.1, -0.05) is 18.5 Å². The Kier molecular flexibility index (Phi) is 2.00. The van der Waals surface area contributed by atoms with Crippen molar-refractivity contribution in [2.45, 2.75) is 13.3 Å². The molecular weight excluding hydrogens is 184 g/mol. The highest BCUT2D eigenvalue weighted by molar-refractivity contribution is 6.31. The molecule has 0 unspecified atom stereocenters. The molecule has 0 amide bonds. The molecule has 2 rings (SSSR count). The van der Waals surface area contributed by atoms with E-state index < -0.39 is 0 Å². The number of benzene rings is 1. The van der Waals surface area contributed by atoms with Crippen LogP contribution in [0.15, 0.2) is 18.2 Å². The van der Waals surface area contributed by atoms with Gasteiger partial charge in [0.15, 0.2) is 0 Å². The average molecular weight is 195 g/mol. The van der Waals surface area contributed by atoms with Crippen LogP contribution in [0.3, 0.4) is 0 Å². The summed E-state index contributed by atoms with van der Waals surface area (Å²) in [4.78, 5) is 0. The fourth-order valence-electron chi connectivity index (χ4n) is 1.64. The van der Waals surface area contributed by atoms with Gasteiger partial charge in [-0.25, -0.2) is 0 Å². The van der Waals surface area contributed by atoms with Crippen molar-refractivity contribution in [2.75, 3.05) is 0 Å². The van der Waals surface area contributed by atoms with Gasteiger partial charge < -0.3 is 0 Å². The predicted octanol–water partition coefficient (Wildman–Crippen LogP) is 2.79. The van der Waals surface area contributed by atoms with Crippen molar-refractivity contribution in [2.24, 2.45) is 7.05 Å². The molecule has 0 aliphatic carbocycles. The first kappa shape index (κ1) is 8.57. The van der Waals surface area contributed by atoms with Gasteiger partial charge in [0.05, 0.1) is 5.52 Å². The Morgan fingerprint density at radius 3 is 2.92 bits per heavy atom. The molecule has 0 aliphatic rings. The Labute approximate surface area is 82.1 Å². The highest BCUT2D eigenvalue weighted by Gasteiger charge is 2.06. The lowest BCUT2D eigenvalue weighted by atomic mass is 10.2. The van der Waals surface area contributed by atoms with Crippen LogP contribution in [0.4, 0.5) is 0 Å². The lowest BCUT2D eigenvalue weighted by Crippen LogP contribution is -1.95. The molecule has 2 nitrogen and oxygen atoms in total. The highest BCUT2D eigenvalue weighted by atomic mass is 35.5. The van der Waals surface area contributed by atoms with Crippen molar-refractivity contribution in [3.8, 4) is 0 Å². The summed E-state index contributed by atoms with van der Waals surface area (Å²) in [6, 6.07) is 5.80. The highest BCUT2D eigenvalue weighted by Crippen LogP contribution is 2.22. The largest absolute Gasteiger partial charge is 0.271 e. The summed E-state index contributed by atoms with van der Waals surface area (Å²) in [7, 11) is 1.97. The van der Waals surface area contributed by atoms with E-state index in [1.807, 2.05) is 29.9 Å². The van der Waals surface area contributed by atoms with Crippen molar-refractivity contribution < 1.29 is 0 Å². The molecule has 0 aliphatic heterocycles. The SMILES string of the molecule is CCc1c2cc(Cl)ccc2nn1C. The second kappa shape index (κ2) is 3.04. The Morgan fingerprint density at radius 2 is 2.23 bits per heavy atom. The monoisotopic (exact) mass is 194 g/mol. The molecule has 0 fully saturated rings. The molecule has 0 spiro atoms. The third-order valence-electron chi connectivity index (χ3n) is 2.25. The molecule has 0 radical (unpaired) electrons. The van der Waals surface area contributed by atoms with Crippen LogP contribution < -0.4 is 0 Å². The number of rotatable bonds is 1. The first-order chi connectivity index (χ1) is 6.22. The van der Waals surface area contributed by atoms with Crippen LogP contribution in [-0.4, -0.2) is 9.78 Å². The minimum absolute atomic E-state index is 0.773. The predicted molar refractivity (Wildman–Crippen MR) is 55.1 cm³/mol. The zero-order valence-corrected chi connectivity index (χ0v) is 8.47. The summed E-state index contributed by atoms with van der Waals surface area (Å²) < 4.78 is 1.92. The Balaban J connectivity index is 2.80. The van der Waals surface area contributed by atoms with Crippen molar-refractivity contribution in [1.82, 2.24) is 9.78 Å². The van der Waals surface area contributed by atoms with Gasteiger partial charge in [-0.3, -0.25) is 4.68 Å². The molecular formula is C10H11ClN2. The minimum atomic E-state index is 0.773. The average Bonchev–Trinajstić information content (AvgIpc) is 2.40. The molecule has 1 aromatic heterocycles. The van der Waals surface area contributed by atoms with E-state index in [1.165, 1.54) is 5.69 Å². The van der Waals surface area contributed by atoms with E-state index in [0.717, 1.165) is 22.3 Å². The maximum absolute atomic E-state index is 5.92. The topological polar surface area (TPSA) is 17.8 Å². The van der Waals surface area contributed by atoms with E-state index in [9.17, 15) is 0 Å². The molecule has 0 saturated heterocycles. The zero-order chi connectivity index (χ0) is 9.42. The molecule has 0 N–H and O–H groups in total. The van der Waals surface area contributed by atoms with Crippen LogP contribution in [0, 0.1) is 0 Å². The quantitative estimate of drug-likeness (QED) is 0.683. The molecule has 68 valence electrons. The Morgan fingerprint density at radius 1 is 1.46 bits per heavy atom. The van der Waals surface area contributed by atoms with E-state index in [1.54, 1.807) is 0 Å². The minimum Gasteiger partial charge on any atom is -0.271 e. The fraction of sp³-hybridized carbons (Fsp3) is 0.300. The van der Waals surface area contributed by atoms with Crippen LogP contribution in [0.2, 0.25) is 5.02 Å². The first-order valence-corrected chi connectivity index (χ1v) is 4.71. The fourth-order valence-corrected chi connectivity index (χ4v) is 1.81. The van der Waals surface area contributed by atoms with E-state index >= 15 is 0 Å². The van der Waals surface area contributed by atoms with Crippen molar-refractivity contribution >= 4 is 22.5 Å². The van der Waals surface area contributed by atoms with E-state index in [4.69, 9.17) is 11.6 Å². The maximum Gasteiger partial charge on any atom is 0.0927 e. The summed E-state index contributed by atoms with van der Waals surface area (Å²) in [5, 5.41) is 6.32. The number of aromatic nitrogens is 2. The lowest BCUT2D eigenvalue weighted by molar-refractivity contribution is 0.728. The van der Waals surface area contributed by atoms with Crippen LogP contribution in [-0.2, 0) is 13.5 Å². The lowest BCUT2D eigenvalue weighted by Gasteiger charge is -1.96. The van der Waals surface area contributed by atoms with Crippen molar-refractivity contribution in [3.63, 3.8) is 0 Å². The normalized spacial score (nSPS) is 11.0. The third kappa shape index (κ3) is 1.31. The molecule has 0 bridgehead atoms. The first-order valence-electron chi connectivity index (χ1n) is 4.33. The van der Waals surface area contributed by atoms with Crippen molar-refractivity contribution in [3.05, 3.63) is 28.9 Å². The van der Waals surface area contributed by atoms with Gasteiger partial charge in [-0.2, -0.15) is 5.10 Å². The number of fused-ring (bicyclic) bond motifs is 1. The Hall–Kier alpha value is -1.02. The molecule has 0 saturated carbocycles. The standard InChI is InChI=1S/C10H11ClN2/c1-3-10-8-6-7(11)4-5-9(8)12-13(10)2/h4-6H,3H2,1-2H3. The van der Waals surface area contributed by atoms with Gasteiger partial charge >= 0.3 is 0 Å². The van der Waals surface area contributed by atoms with E-state index in [2.05, 4.69) is 12.0 Å². The molecule has 1 aromatic carbocycles. The van der Waals surface area contributed by atoms with Crippen LogP contribution in [0.25, 0.3) is 10.9 Å². The van der Waals surface area contributed by atoms with Gasteiger partial charge in [0.25, 0.3) is 0 Å². The van der Waals surface area contributed by atoms with E-state index in [-0.39, 0.29) is 0 Å². The zero-order valence-electron chi connectivity index (χ0n) is 7.71. The number of halogens is 1. The van der Waals surface area contributed by atoms with Crippen molar-refractivity contribution in [1.29, 1.82) is 0 Å². The van der Waals surface area contributed by atoms with Gasteiger partial charge in [-0.15, -0.1) is 0 Å². The number of hydrogen-bond donors (Lipinski definition) is 0. The molecule has 13 heavy (non-hydrogen) atoms. The smallest absolute Gasteiger partial charge is 0.0927 e. The second-order valence-electron chi connectivity index (χ2n) is 3.09. The summed E-state index contributed by atoms with van der Waals surface area (Å²) in [5.41, 5.74) is 2.25. The summed E-state index contributed by atoms with van der Waals surface area (Å²) in [5.74, 6) is 0. The molecule has 0 atom stereocenters. The van der Waals surface area contributed by atoms with E-state index in [0.29, 0.717) is 0 Å². The van der Waals surface area contributed by atoms with Gasteiger partial charge in [0, 0.05) is 23.2 Å². The maximum atomic E-state index is 5.92. The third-order valence-corrected chi connectivity index (χ3v) is 2.49. The second-order valence-corrected chi connectivity index (χ2v) is 3.52. The Bertz CT molecular complexity index is 445. The summed E-state index contributed by atoms with van der Waals surface area (Å²) in [6.45, 7) is 2.12.